The lowest BCUT2D eigenvalue weighted by atomic mass is 9.52. The summed E-state index contributed by atoms with van der Waals surface area (Å²) in [4.78, 5) is 0. The van der Waals surface area contributed by atoms with E-state index in [1.807, 2.05) is 6.07 Å². The van der Waals surface area contributed by atoms with E-state index in [4.69, 9.17) is 5.26 Å². The predicted molar refractivity (Wildman–Crippen MR) is 72.2 cm³/mol. The highest BCUT2D eigenvalue weighted by Crippen LogP contribution is 2.56. The Bertz CT molecular complexity index is 509. The van der Waals surface area contributed by atoms with Crippen molar-refractivity contribution in [3.05, 3.63) is 17.5 Å². The summed E-state index contributed by atoms with van der Waals surface area (Å²) in [5, 5.41) is 13.4. The molecule has 100 valence electrons. The third-order valence-electron chi connectivity index (χ3n) is 5.90. The lowest BCUT2D eigenvalue weighted by Crippen LogP contribution is -2.46. The van der Waals surface area contributed by atoms with Gasteiger partial charge in [0, 0.05) is 12.2 Å². The maximum atomic E-state index is 8.96. The summed E-state index contributed by atoms with van der Waals surface area (Å²) < 4.78 is 2.09. The van der Waals surface area contributed by atoms with Crippen molar-refractivity contribution >= 4 is 0 Å². The molecule has 0 N–H and O–H groups in total. The van der Waals surface area contributed by atoms with E-state index < -0.39 is 0 Å². The number of nitrogens with zero attached hydrogens (tertiary/aromatic N) is 3. The fraction of sp³-hybridized carbons (Fsp3) is 0.750. The molecule has 1 aromatic heterocycles. The molecule has 0 atom stereocenters. The molecule has 0 aromatic carbocycles. The fourth-order valence-electron chi connectivity index (χ4n) is 5.29. The van der Waals surface area contributed by atoms with E-state index in [-0.39, 0.29) is 0 Å². The summed E-state index contributed by atoms with van der Waals surface area (Å²) in [5.74, 6) is 4.76. The van der Waals surface area contributed by atoms with Crippen molar-refractivity contribution in [2.75, 3.05) is 0 Å². The van der Waals surface area contributed by atoms with Gasteiger partial charge in [0.05, 0.1) is 0 Å². The van der Waals surface area contributed by atoms with Gasteiger partial charge in [0.1, 0.15) is 6.07 Å². The molecule has 3 nitrogen and oxygen atoms in total. The molecule has 0 aliphatic heterocycles. The van der Waals surface area contributed by atoms with Gasteiger partial charge in [-0.25, -0.2) is 0 Å². The molecule has 19 heavy (non-hydrogen) atoms. The summed E-state index contributed by atoms with van der Waals surface area (Å²) in [6.07, 6.45) is 7.36. The van der Waals surface area contributed by atoms with Crippen LogP contribution in [-0.4, -0.2) is 9.78 Å². The predicted octanol–water partition coefficient (Wildman–Crippen LogP) is 3.14. The fourth-order valence-corrected chi connectivity index (χ4v) is 5.29. The molecule has 4 aliphatic rings. The van der Waals surface area contributed by atoms with Gasteiger partial charge in [0.25, 0.3) is 0 Å². The zero-order valence-corrected chi connectivity index (χ0v) is 11.5. The number of rotatable bonds is 2. The maximum Gasteiger partial charge on any atom is 0.162 e. The Hall–Kier alpha value is -1.30. The first-order chi connectivity index (χ1) is 9.22. The first kappa shape index (κ1) is 11.5. The van der Waals surface area contributed by atoms with Crippen LogP contribution in [0.4, 0.5) is 0 Å². The van der Waals surface area contributed by atoms with Crippen LogP contribution in [0.3, 0.4) is 0 Å². The second kappa shape index (κ2) is 4.10. The van der Waals surface area contributed by atoms with E-state index in [1.165, 1.54) is 32.1 Å². The molecule has 4 bridgehead atoms. The Balaban J connectivity index is 1.57. The highest BCUT2D eigenvalue weighted by Gasteiger charge is 2.48. The standard InChI is InChI=1S/C16H21N3/c1-10-2-15(8-17)18-19(10)9-16-13-4-11-3-12(6-13)7-14(16)5-11/h2,11-14,16H,3-7,9H2,1H3. The Morgan fingerprint density at radius 1 is 1.21 bits per heavy atom. The molecule has 0 amide bonds. The Labute approximate surface area is 114 Å². The monoisotopic (exact) mass is 255 g/mol. The van der Waals surface area contributed by atoms with Gasteiger partial charge >= 0.3 is 0 Å². The van der Waals surface area contributed by atoms with Crippen LogP contribution >= 0.6 is 0 Å². The molecule has 1 heterocycles. The third-order valence-corrected chi connectivity index (χ3v) is 5.90. The van der Waals surface area contributed by atoms with Gasteiger partial charge in [0.15, 0.2) is 5.69 Å². The minimum atomic E-state index is 0.571. The van der Waals surface area contributed by atoms with E-state index in [2.05, 4.69) is 22.8 Å². The highest BCUT2D eigenvalue weighted by molar-refractivity contribution is 5.21. The van der Waals surface area contributed by atoms with Crippen LogP contribution in [0.2, 0.25) is 0 Å². The van der Waals surface area contributed by atoms with Crippen LogP contribution in [0.25, 0.3) is 0 Å². The van der Waals surface area contributed by atoms with Gasteiger partial charge in [-0.05, 0) is 74.7 Å². The van der Waals surface area contributed by atoms with Gasteiger partial charge in [-0.3, -0.25) is 4.68 Å². The number of hydrogen-bond acceptors (Lipinski definition) is 2. The second-order valence-corrected chi connectivity index (χ2v) is 7.06. The Morgan fingerprint density at radius 3 is 2.37 bits per heavy atom. The molecule has 0 saturated heterocycles. The van der Waals surface area contributed by atoms with E-state index in [9.17, 15) is 0 Å². The second-order valence-electron chi connectivity index (χ2n) is 7.06. The molecule has 0 radical (unpaired) electrons. The minimum absolute atomic E-state index is 0.571. The van der Waals surface area contributed by atoms with Crippen LogP contribution in [0.15, 0.2) is 6.07 Å². The molecular formula is C16H21N3. The summed E-state index contributed by atoms with van der Waals surface area (Å²) in [5.41, 5.74) is 1.71. The first-order valence-electron chi connectivity index (χ1n) is 7.67. The van der Waals surface area contributed by atoms with E-state index in [1.54, 1.807) is 0 Å². The van der Waals surface area contributed by atoms with E-state index in [0.29, 0.717) is 5.69 Å². The van der Waals surface area contributed by atoms with E-state index in [0.717, 1.165) is 41.8 Å². The SMILES string of the molecule is Cc1cc(C#N)nn1CC1C2CC3CC(C2)CC1C3. The lowest BCUT2D eigenvalue weighted by molar-refractivity contribution is -0.0444. The van der Waals surface area contributed by atoms with Crippen molar-refractivity contribution in [2.45, 2.75) is 45.6 Å². The van der Waals surface area contributed by atoms with Crippen molar-refractivity contribution in [3.63, 3.8) is 0 Å². The van der Waals surface area contributed by atoms with Crippen molar-refractivity contribution in [1.82, 2.24) is 9.78 Å². The minimum Gasteiger partial charge on any atom is -0.268 e. The van der Waals surface area contributed by atoms with Gasteiger partial charge < -0.3 is 0 Å². The maximum absolute atomic E-state index is 8.96. The van der Waals surface area contributed by atoms with Crippen molar-refractivity contribution < 1.29 is 0 Å². The van der Waals surface area contributed by atoms with Crippen molar-refractivity contribution in [2.24, 2.45) is 29.6 Å². The quantitative estimate of drug-likeness (QED) is 0.814. The van der Waals surface area contributed by atoms with Crippen molar-refractivity contribution in [3.8, 4) is 6.07 Å². The number of aryl methyl sites for hydroxylation is 1. The smallest absolute Gasteiger partial charge is 0.162 e. The van der Waals surface area contributed by atoms with Gasteiger partial charge in [-0.2, -0.15) is 10.4 Å². The number of aromatic nitrogens is 2. The summed E-state index contributed by atoms with van der Waals surface area (Å²) in [6, 6.07) is 4.07. The summed E-state index contributed by atoms with van der Waals surface area (Å²) in [7, 11) is 0. The molecule has 0 unspecified atom stereocenters. The molecule has 3 heteroatoms. The summed E-state index contributed by atoms with van der Waals surface area (Å²) >= 11 is 0. The van der Waals surface area contributed by atoms with E-state index >= 15 is 0 Å². The third kappa shape index (κ3) is 1.81. The molecular weight excluding hydrogens is 234 g/mol. The van der Waals surface area contributed by atoms with Gasteiger partial charge in [0.2, 0.25) is 0 Å². The molecule has 1 aromatic rings. The van der Waals surface area contributed by atoms with Crippen LogP contribution in [-0.2, 0) is 6.54 Å². The first-order valence-corrected chi connectivity index (χ1v) is 7.67. The van der Waals surface area contributed by atoms with Crippen LogP contribution < -0.4 is 0 Å². The van der Waals surface area contributed by atoms with Gasteiger partial charge in [-0.15, -0.1) is 0 Å². The van der Waals surface area contributed by atoms with Crippen LogP contribution in [0, 0.1) is 47.8 Å². The average Bonchev–Trinajstić information content (AvgIpc) is 2.74. The molecule has 4 aliphatic carbocycles. The topological polar surface area (TPSA) is 41.6 Å². The Kier molecular flexibility index (Phi) is 2.48. The normalized spacial score (nSPS) is 39.5. The van der Waals surface area contributed by atoms with Crippen LogP contribution in [0.5, 0.6) is 0 Å². The molecule has 5 rings (SSSR count). The van der Waals surface area contributed by atoms with Crippen molar-refractivity contribution in [1.29, 1.82) is 5.26 Å². The van der Waals surface area contributed by atoms with Gasteiger partial charge in [-0.1, -0.05) is 0 Å². The Morgan fingerprint density at radius 2 is 1.84 bits per heavy atom. The number of hydrogen-bond donors (Lipinski definition) is 0. The zero-order valence-electron chi connectivity index (χ0n) is 11.5. The molecule has 0 spiro atoms. The largest absolute Gasteiger partial charge is 0.268 e. The highest BCUT2D eigenvalue weighted by atomic mass is 15.3. The number of nitriles is 1. The molecule has 4 saturated carbocycles. The average molecular weight is 255 g/mol. The molecule has 4 fully saturated rings. The zero-order chi connectivity index (χ0) is 13.0. The van der Waals surface area contributed by atoms with Crippen LogP contribution in [0.1, 0.15) is 43.5 Å². The summed E-state index contributed by atoms with van der Waals surface area (Å²) in [6.45, 7) is 3.12. The lowest BCUT2D eigenvalue weighted by Gasteiger charge is -2.54.